The van der Waals surface area contributed by atoms with Crippen LogP contribution in [0.25, 0.3) is 0 Å². The molecule has 0 saturated heterocycles. The molecule has 0 aromatic heterocycles. The maximum atomic E-state index is 10.4. The van der Waals surface area contributed by atoms with Crippen molar-refractivity contribution >= 4 is 11.9 Å². The van der Waals surface area contributed by atoms with Crippen LogP contribution in [0.2, 0.25) is 0 Å². The summed E-state index contributed by atoms with van der Waals surface area (Å²) in [7, 11) is 0. The zero-order chi connectivity index (χ0) is 6.15. The fraction of sp³-hybridized carbons (Fsp3) is 0.600. The zero-order valence-corrected chi connectivity index (χ0v) is 4.84. The molecule has 1 rings (SSSR count). The number of ether oxygens (including phenoxy) is 1. The van der Waals surface area contributed by atoms with Gasteiger partial charge in [-0.05, 0) is 6.92 Å². The van der Waals surface area contributed by atoms with E-state index in [1.807, 2.05) is 0 Å². The number of hydrogen-bond acceptors (Lipinski definition) is 3. The van der Waals surface area contributed by atoms with Gasteiger partial charge in [-0.25, -0.2) is 9.79 Å². The fourth-order valence-electron chi connectivity index (χ4n) is 0.583. The van der Waals surface area contributed by atoms with Crippen molar-refractivity contribution in [3.8, 4) is 0 Å². The highest BCUT2D eigenvalue weighted by Gasteiger charge is 2.20. The van der Waals surface area contributed by atoms with Gasteiger partial charge in [0.1, 0.15) is 6.04 Å². The molecule has 1 heterocycles. The Kier molecular flexibility index (Phi) is 1.04. The van der Waals surface area contributed by atoms with Crippen LogP contribution in [0.4, 0.5) is 0 Å². The standard InChI is InChI=1S/C5H7NO2/c1-3-5(7)8-4(2)6-3/h3H,1-2H3. The van der Waals surface area contributed by atoms with Crippen molar-refractivity contribution in [1.29, 1.82) is 0 Å². The highest BCUT2D eigenvalue weighted by atomic mass is 16.6. The largest absolute Gasteiger partial charge is 0.411 e. The average Bonchev–Trinajstić information content (AvgIpc) is 1.85. The van der Waals surface area contributed by atoms with Crippen molar-refractivity contribution in [2.45, 2.75) is 19.9 Å². The maximum absolute atomic E-state index is 10.4. The first-order valence-electron chi connectivity index (χ1n) is 2.46. The van der Waals surface area contributed by atoms with Crippen LogP contribution in [0, 0.1) is 0 Å². The number of hydrogen-bond donors (Lipinski definition) is 0. The third-order valence-electron chi connectivity index (χ3n) is 0.965. The first-order chi connectivity index (χ1) is 3.70. The highest BCUT2D eigenvalue weighted by Crippen LogP contribution is 2.03. The summed E-state index contributed by atoms with van der Waals surface area (Å²) >= 11 is 0. The van der Waals surface area contributed by atoms with Gasteiger partial charge in [-0.3, -0.25) is 0 Å². The summed E-state index contributed by atoms with van der Waals surface area (Å²) in [5.74, 6) is 0.227. The number of esters is 1. The van der Waals surface area contributed by atoms with Gasteiger partial charge in [0.05, 0.1) is 0 Å². The monoisotopic (exact) mass is 113 g/mol. The molecule has 0 fully saturated rings. The maximum Gasteiger partial charge on any atom is 0.337 e. The van der Waals surface area contributed by atoms with E-state index in [9.17, 15) is 4.79 Å². The van der Waals surface area contributed by atoms with Crippen LogP contribution in [-0.4, -0.2) is 17.9 Å². The van der Waals surface area contributed by atoms with Crippen molar-refractivity contribution in [2.24, 2.45) is 4.99 Å². The summed E-state index contributed by atoms with van der Waals surface area (Å²) in [6.45, 7) is 3.38. The van der Waals surface area contributed by atoms with Crippen molar-refractivity contribution in [3.63, 3.8) is 0 Å². The van der Waals surface area contributed by atoms with Crippen LogP contribution in [0.5, 0.6) is 0 Å². The molecule has 0 spiro atoms. The van der Waals surface area contributed by atoms with Crippen molar-refractivity contribution < 1.29 is 9.53 Å². The predicted molar refractivity (Wildman–Crippen MR) is 28.7 cm³/mol. The lowest BCUT2D eigenvalue weighted by molar-refractivity contribution is -0.134. The number of carbonyl (C=O) groups is 1. The molecular weight excluding hydrogens is 106 g/mol. The Labute approximate surface area is 47.4 Å². The molecule has 3 nitrogen and oxygen atoms in total. The molecule has 0 bridgehead atoms. The van der Waals surface area contributed by atoms with E-state index in [0.717, 1.165) is 0 Å². The number of carbonyl (C=O) groups excluding carboxylic acids is 1. The molecule has 1 unspecified atom stereocenters. The minimum atomic E-state index is -0.282. The van der Waals surface area contributed by atoms with Crippen molar-refractivity contribution in [2.75, 3.05) is 0 Å². The molecule has 0 aliphatic carbocycles. The molecule has 0 radical (unpaired) electrons. The van der Waals surface area contributed by atoms with Crippen LogP contribution in [-0.2, 0) is 9.53 Å². The van der Waals surface area contributed by atoms with E-state index in [1.165, 1.54) is 0 Å². The Bertz CT molecular complexity index is 151. The SMILES string of the molecule is CC1=NC(C)C(=O)O1. The van der Waals surface area contributed by atoms with Crippen LogP contribution in [0.3, 0.4) is 0 Å². The third-order valence-corrected chi connectivity index (χ3v) is 0.965. The Hall–Kier alpha value is -0.860. The third kappa shape index (κ3) is 0.710. The number of aliphatic imine (C=N–C) groups is 1. The molecule has 0 aromatic carbocycles. The van der Waals surface area contributed by atoms with E-state index in [0.29, 0.717) is 5.90 Å². The lowest BCUT2D eigenvalue weighted by atomic mass is 10.4. The van der Waals surface area contributed by atoms with E-state index < -0.39 is 0 Å². The lowest BCUT2D eigenvalue weighted by Crippen LogP contribution is -2.09. The molecule has 0 amide bonds. The summed E-state index contributed by atoms with van der Waals surface area (Å²) < 4.78 is 4.58. The molecule has 1 atom stereocenters. The van der Waals surface area contributed by atoms with Gasteiger partial charge in [0.15, 0.2) is 5.90 Å². The molecule has 44 valence electrons. The van der Waals surface area contributed by atoms with Crippen molar-refractivity contribution in [3.05, 3.63) is 0 Å². The van der Waals surface area contributed by atoms with Crippen LogP contribution in [0.15, 0.2) is 4.99 Å². The molecular formula is C5H7NO2. The summed E-state index contributed by atoms with van der Waals surface area (Å²) in [6.07, 6.45) is 0. The van der Waals surface area contributed by atoms with Gasteiger partial charge in [-0.15, -0.1) is 0 Å². The number of rotatable bonds is 0. The van der Waals surface area contributed by atoms with Gasteiger partial charge in [-0.1, -0.05) is 0 Å². The normalized spacial score (nSPS) is 27.5. The molecule has 0 saturated carbocycles. The Balaban J connectivity index is 2.69. The van der Waals surface area contributed by atoms with E-state index in [2.05, 4.69) is 9.73 Å². The van der Waals surface area contributed by atoms with Gasteiger partial charge in [0.25, 0.3) is 0 Å². The molecule has 0 N–H and O–H groups in total. The Morgan fingerprint density at radius 1 is 1.75 bits per heavy atom. The van der Waals surface area contributed by atoms with Crippen molar-refractivity contribution in [1.82, 2.24) is 0 Å². The smallest absolute Gasteiger partial charge is 0.337 e. The highest BCUT2D eigenvalue weighted by molar-refractivity contribution is 5.95. The summed E-state index contributed by atoms with van der Waals surface area (Å²) in [5, 5.41) is 0. The first kappa shape index (κ1) is 5.28. The fourth-order valence-corrected chi connectivity index (χ4v) is 0.583. The quantitative estimate of drug-likeness (QED) is 0.425. The summed E-state index contributed by atoms with van der Waals surface area (Å²) in [4.78, 5) is 14.3. The van der Waals surface area contributed by atoms with E-state index in [-0.39, 0.29) is 12.0 Å². The molecule has 3 heteroatoms. The lowest BCUT2D eigenvalue weighted by Gasteiger charge is -1.88. The van der Waals surface area contributed by atoms with E-state index in [1.54, 1.807) is 13.8 Å². The van der Waals surface area contributed by atoms with Gasteiger partial charge >= 0.3 is 5.97 Å². The zero-order valence-electron chi connectivity index (χ0n) is 4.84. The Morgan fingerprint density at radius 2 is 2.38 bits per heavy atom. The second-order valence-electron chi connectivity index (χ2n) is 1.75. The average molecular weight is 113 g/mol. The van der Waals surface area contributed by atoms with Gasteiger partial charge in [0, 0.05) is 6.92 Å². The van der Waals surface area contributed by atoms with E-state index >= 15 is 0 Å². The Morgan fingerprint density at radius 3 is 2.50 bits per heavy atom. The molecule has 0 aromatic rings. The van der Waals surface area contributed by atoms with Crippen LogP contribution >= 0.6 is 0 Å². The molecule has 1 aliphatic heterocycles. The predicted octanol–water partition coefficient (Wildman–Crippen LogP) is 0.350. The second-order valence-corrected chi connectivity index (χ2v) is 1.75. The van der Waals surface area contributed by atoms with E-state index in [4.69, 9.17) is 0 Å². The minimum absolute atomic E-state index is 0.248. The first-order valence-corrected chi connectivity index (χ1v) is 2.46. The topological polar surface area (TPSA) is 38.7 Å². The summed E-state index contributed by atoms with van der Waals surface area (Å²) in [6, 6.07) is -0.282. The minimum Gasteiger partial charge on any atom is -0.411 e. The van der Waals surface area contributed by atoms with Gasteiger partial charge in [0.2, 0.25) is 0 Å². The second kappa shape index (κ2) is 1.58. The molecule has 8 heavy (non-hydrogen) atoms. The van der Waals surface area contributed by atoms with Gasteiger partial charge < -0.3 is 4.74 Å². The van der Waals surface area contributed by atoms with Crippen LogP contribution < -0.4 is 0 Å². The van der Waals surface area contributed by atoms with Gasteiger partial charge in [-0.2, -0.15) is 0 Å². The molecule has 1 aliphatic rings. The van der Waals surface area contributed by atoms with Crippen LogP contribution in [0.1, 0.15) is 13.8 Å². The number of nitrogens with zero attached hydrogens (tertiary/aromatic N) is 1. The summed E-state index contributed by atoms with van der Waals surface area (Å²) in [5.41, 5.74) is 0. The number of cyclic esters (lactones) is 1.